The number of hydrogen-bond donors (Lipinski definition) is 1. The summed E-state index contributed by atoms with van der Waals surface area (Å²) in [6.45, 7) is 5.95. The van der Waals surface area contributed by atoms with Crippen LogP contribution in [0.3, 0.4) is 0 Å². The van der Waals surface area contributed by atoms with Crippen LogP contribution in [-0.4, -0.2) is 37.2 Å². The number of aryl methyl sites for hydroxylation is 1. The fourth-order valence-electron chi connectivity index (χ4n) is 2.71. The van der Waals surface area contributed by atoms with Gasteiger partial charge in [0.1, 0.15) is 0 Å². The molecule has 0 aliphatic heterocycles. The molecule has 2 unspecified atom stereocenters. The van der Waals surface area contributed by atoms with E-state index < -0.39 is 0 Å². The Hall–Kier alpha value is -0.900. The molecule has 2 rings (SSSR count). The van der Waals surface area contributed by atoms with Gasteiger partial charge in [0, 0.05) is 31.8 Å². The number of ether oxygens (including phenoxy) is 1. The van der Waals surface area contributed by atoms with E-state index in [0.717, 1.165) is 13.2 Å². The van der Waals surface area contributed by atoms with Crippen molar-refractivity contribution < 1.29 is 4.74 Å². The second-order valence-corrected chi connectivity index (χ2v) is 5.68. The highest BCUT2D eigenvalue weighted by molar-refractivity contribution is 5.25. The van der Waals surface area contributed by atoms with Crippen molar-refractivity contribution in [2.45, 2.75) is 44.8 Å². The van der Waals surface area contributed by atoms with E-state index in [0.29, 0.717) is 12.1 Å². The van der Waals surface area contributed by atoms with Crippen molar-refractivity contribution in [3.05, 3.63) is 35.4 Å². The van der Waals surface area contributed by atoms with Crippen molar-refractivity contribution >= 4 is 0 Å². The lowest BCUT2D eigenvalue weighted by molar-refractivity contribution is 0.104. The minimum absolute atomic E-state index is 0.125. The second-order valence-electron chi connectivity index (χ2n) is 5.68. The van der Waals surface area contributed by atoms with E-state index in [4.69, 9.17) is 10.5 Å². The number of methoxy groups -OCH3 is 1. The van der Waals surface area contributed by atoms with Gasteiger partial charge in [-0.2, -0.15) is 0 Å². The number of nitrogens with two attached hydrogens (primary N) is 1. The van der Waals surface area contributed by atoms with Crippen molar-refractivity contribution in [3.8, 4) is 0 Å². The Labute approximate surface area is 116 Å². The van der Waals surface area contributed by atoms with Crippen LogP contribution in [0.4, 0.5) is 0 Å². The molecule has 19 heavy (non-hydrogen) atoms. The molecule has 1 aliphatic carbocycles. The van der Waals surface area contributed by atoms with E-state index in [-0.39, 0.29) is 6.04 Å². The van der Waals surface area contributed by atoms with Crippen LogP contribution >= 0.6 is 0 Å². The van der Waals surface area contributed by atoms with Crippen LogP contribution in [0.15, 0.2) is 24.3 Å². The fourth-order valence-corrected chi connectivity index (χ4v) is 2.71. The molecule has 0 radical (unpaired) electrons. The second kappa shape index (κ2) is 6.51. The van der Waals surface area contributed by atoms with Crippen LogP contribution in [0, 0.1) is 6.92 Å². The molecule has 0 saturated heterocycles. The molecule has 1 aromatic rings. The molecule has 3 heteroatoms. The Bertz CT molecular complexity index is 384. The molecule has 1 aromatic carbocycles. The van der Waals surface area contributed by atoms with E-state index in [1.54, 1.807) is 7.11 Å². The Morgan fingerprint density at radius 1 is 1.32 bits per heavy atom. The van der Waals surface area contributed by atoms with Crippen LogP contribution in [0.5, 0.6) is 0 Å². The fraction of sp³-hybridized carbons (Fsp3) is 0.625. The monoisotopic (exact) mass is 262 g/mol. The molecule has 0 bridgehead atoms. The number of benzene rings is 1. The lowest BCUT2D eigenvalue weighted by Gasteiger charge is -2.34. The molecule has 0 aromatic heterocycles. The quantitative estimate of drug-likeness (QED) is 0.820. The first-order valence-corrected chi connectivity index (χ1v) is 7.20. The number of hydrogen-bond acceptors (Lipinski definition) is 3. The highest BCUT2D eigenvalue weighted by Crippen LogP contribution is 2.35. The summed E-state index contributed by atoms with van der Waals surface area (Å²) < 4.78 is 5.25. The summed E-state index contributed by atoms with van der Waals surface area (Å²) in [7, 11) is 1.76. The van der Waals surface area contributed by atoms with E-state index in [1.165, 1.54) is 24.0 Å². The van der Waals surface area contributed by atoms with Crippen molar-refractivity contribution in [3.63, 3.8) is 0 Å². The normalized spacial score (nSPS) is 18.6. The van der Waals surface area contributed by atoms with Crippen LogP contribution in [0.1, 0.15) is 36.9 Å². The lowest BCUT2D eigenvalue weighted by atomic mass is 9.98. The smallest absolute Gasteiger partial charge is 0.0590 e. The molecule has 0 heterocycles. The Morgan fingerprint density at radius 3 is 2.42 bits per heavy atom. The van der Waals surface area contributed by atoms with Crippen LogP contribution in [-0.2, 0) is 4.74 Å². The third kappa shape index (κ3) is 3.78. The minimum Gasteiger partial charge on any atom is -0.383 e. The number of nitrogens with zero attached hydrogens (tertiary/aromatic N) is 1. The van der Waals surface area contributed by atoms with Crippen molar-refractivity contribution in [2.24, 2.45) is 5.73 Å². The standard InChI is InChI=1S/C16H26N2O/c1-12-4-6-14(7-5-12)16(13(2)17)18(10-11-19-3)15-8-9-15/h4-7,13,15-16H,8-11,17H2,1-3H3. The first kappa shape index (κ1) is 14.5. The van der Waals surface area contributed by atoms with Gasteiger partial charge in [0.15, 0.2) is 0 Å². The molecule has 2 N–H and O–H groups in total. The maximum absolute atomic E-state index is 6.26. The summed E-state index contributed by atoms with van der Waals surface area (Å²) in [6, 6.07) is 9.88. The first-order valence-electron chi connectivity index (χ1n) is 7.20. The molecule has 1 fully saturated rings. The SMILES string of the molecule is COCCN(C1CC1)C(c1ccc(C)cc1)C(C)N. The molecule has 106 valence electrons. The van der Waals surface area contributed by atoms with Crippen LogP contribution < -0.4 is 5.73 Å². The van der Waals surface area contributed by atoms with E-state index in [2.05, 4.69) is 43.0 Å². The predicted octanol–water partition coefficient (Wildman–Crippen LogP) is 2.49. The summed E-state index contributed by atoms with van der Waals surface area (Å²) in [5.41, 5.74) is 8.88. The Balaban J connectivity index is 2.19. The van der Waals surface area contributed by atoms with Crippen molar-refractivity contribution in [2.75, 3.05) is 20.3 Å². The topological polar surface area (TPSA) is 38.5 Å². The summed E-state index contributed by atoms with van der Waals surface area (Å²) in [5.74, 6) is 0. The molecule has 1 saturated carbocycles. The molecule has 0 spiro atoms. The van der Waals surface area contributed by atoms with Gasteiger partial charge in [0.05, 0.1) is 6.61 Å². The number of rotatable bonds is 7. The minimum atomic E-state index is 0.125. The summed E-state index contributed by atoms with van der Waals surface area (Å²) >= 11 is 0. The summed E-state index contributed by atoms with van der Waals surface area (Å²) in [6.07, 6.45) is 2.58. The largest absolute Gasteiger partial charge is 0.383 e. The third-order valence-electron chi connectivity index (χ3n) is 3.84. The van der Waals surface area contributed by atoms with E-state index >= 15 is 0 Å². The zero-order valence-electron chi connectivity index (χ0n) is 12.3. The van der Waals surface area contributed by atoms with Gasteiger partial charge in [-0.25, -0.2) is 0 Å². The maximum Gasteiger partial charge on any atom is 0.0590 e. The van der Waals surface area contributed by atoms with Crippen LogP contribution in [0.2, 0.25) is 0 Å². The van der Waals surface area contributed by atoms with Gasteiger partial charge in [-0.15, -0.1) is 0 Å². The predicted molar refractivity (Wildman–Crippen MR) is 79.2 cm³/mol. The van der Waals surface area contributed by atoms with Gasteiger partial charge < -0.3 is 10.5 Å². The molecule has 1 aliphatic rings. The Morgan fingerprint density at radius 2 is 1.95 bits per heavy atom. The molecule has 2 atom stereocenters. The van der Waals surface area contributed by atoms with E-state index in [9.17, 15) is 0 Å². The molecular formula is C16H26N2O. The lowest BCUT2D eigenvalue weighted by Crippen LogP contribution is -2.42. The summed E-state index contributed by atoms with van der Waals surface area (Å²) in [4.78, 5) is 2.53. The highest BCUT2D eigenvalue weighted by Gasteiger charge is 2.35. The Kier molecular flexibility index (Phi) is 4.97. The average Bonchev–Trinajstić information content (AvgIpc) is 3.20. The van der Waals surface area contributed by atoms with Crippen molar-refractivity contribution in [1.29, 1.82) is 0 Å². The van der Waals surface area contributed by atoms with Gasteiger partial charge in [0.25, 0.3) is 0 Å². The van der Waals surface area contributed by atoms with Gasteiger partial charge in [-0.05, 0) is 32.3 Å². The summed E-state index contributed by atoms with van der Waals surface area (Å²) in [5, 5.41) is 0. The van der Waals surface area contributed by atoms with Gasteiger partial charge in [-0.1, -0.05) is 29.8 Å². The van der Waals surface area contributed by atoms with Crippen LogP contribution in [0.25, 0.3) is 0 Å². The molecular weight excluding hydrogens is 236 g/mol. The van der Waals surface area contributed by atoms with Gasteiger partial charge >= 0.3 is 0 Å². The van der Waals surface area contributed by atoms with Crippen molar-refractivity contribution in [1.82, 2.24) is 4.90 Å². The average molecular weight is 262 g/mol. The zero-order valence-corrected chi connectivity index (χ0v) is 12.3. The highest BCUT2D eigenvalue weighted by atomic mass is 16.5. The maximum atomic E-state index is 6.26. The zero-order chi connectivity index (χ0) is 13.8. The van der Waals surface area contributed by atoms with Gasteiger partial charge in [0.2, 0.25) is 0 Å². The van der Waals surface area contributed by atoms with Gasteiger partial charge in [-0.3, -0.25) is 4.90 Å². The first-order chi connectivity index (χ1) is 9.13. The van der Waals surface area contributed by atoms with E-state index in [1.807, 2.05) is 0 Å². The molecule has 0 amide bonds. The molecule has 3 nitrogen and oxygen atoms in total. The third-order valence-corrected chi connectivity index (χ3v) is 3.84.